The lowest BCUT2D eigenvalue weighted by Gasteiger charge is -2.11. The zero-order valence-corrected chi connectivity index (χ0v) is 30.3. The fourth-order valence-corrected chi connectivity index (χ4v) is 13.8. The second-order valence-corrected chi connectivity index (χ2v) is 19.2. The molecule has 0 aliphatic heterocycles. The second-order valence-electron chi connectivity index (χ2n) is 12.5. The van der Waals surface area contributed by atoms with Crippen LogP contribution in [0.15, 0.2) is 133 Å². The summed E-state index contributed by atoms with van der Waals surface area (Å²) in [5.74, 6) is 0. The van der Waals surface area contributed by atoms with Gasteiger partial charge in [-0.15, -0.1) is 0 Å². The quantitative estimate of drug-likeness (QED) is 0.0662. The number of thiophene rings is 2. The largest absolute Gasteiger partial charge is 0.381 e. The minimum absolute atomic E-state index is 0.0867. The van der Waals surface area contributed by atoms with Crippen molar-refractivity contribution in [3.05, 3.63) is 160 Å². The smallest absolute Gasteiger partial charge is 0.0927 e. The number of hydrogen-bond acceptors (Lipinski definition) is 2. The molecule has 8 aromatic rings. The monoisotopic (exact) mass is 757 g/mol. The SMILES string of the molecule is c1ccc2c(CCCCc3ccc([I+]c4ccc(CCCCc5c6ccccc6cc6ccccc56)s4)s3)c3ccccc3cc2c1. The predicted octanol–water partition coefficient (Wildman–Crippen LogP) is 9.68. The van der Waals surface area contributed by atoms with Gasteiger partial charge in [0.1, 0.15) is 0 Å². The van der Waals surface area contributed by atoms with Gasteiger partial charge in [0, 0.05) is 21.9 Å². The minimum atomic E-state index is -0.0867. The van der Waals surface area contributed by atoms with E-state index in [-0.39, 0.29) is 21.2 Å². The van der Waals surface area contributed by atoms with E-state index in [1.165, 1.54) is 92.7 Å². The van der Waals surface area contributed by atoms with Crippen LogP contribution < -0.4 is 21.2 Å². The molecule has 8 rings (SSSR count). The van der Waals surface area contributed by atoms with Gasteiger partial charge in [0.05, 0.1) is 0 Å². The normalized spacial score (nSPS) is 11.7. The minimum Gasteiger partial charge on any atom is -0.0927 e. The lowest BCUT2D eigenvalue weighted by Crippen LogP contribution is -3.61. The third-order valence-electron chi connectivity index (χ3n) is 9.41. The highest BCUT2D eigenvalue weighted by molar-refractivity contribution is 7.10. The first kappa shape index (κ1) is 30.8. The van der Waals surface area contributed by atoms with Gasteiger partial charge in [-0.1, -0.05) is 120 Å². The van der Waals surface area contributed by atoms with E-state index in [1.807, 2.05) is 0 Å². The topological polar surface area (TPSA) is 0 Å². The Kier molecular flexibility index (Phi) is 9.38. The molecule has 3 heteroatoms. The first-order chi connectivity index (χ1) is 23.3. The molecule has 0 saturated carbocycles. The van der Waals surface area contributed by atoms with Crippen molar-refractivity contribution in [3.63, 3.8) is 0 Å². The molecule has 0 radical (unpaired) electrons. The lowest BCUT2D eigenvalue weighted by atomic mass is 9.93. The van der Waals surface area contributed by atoms with Gasteiger partial charge in [-0.3, -0.25) is 0 Å². The number of halogens is 1. The summed E-state index contributed by atoms with van der Waals surface area (Å²) in [7, 11) is 0. The van der Waals surface area contributed by atoms with Crippen molar-refractivity contribution in [1.29, 1.82) is 0 Å². The molecule has 0 atom stereocenters. The molecule has 232 valence electrons. The molecule has 2 aromatic heterocycles. The highest BCUT2D eigenvalue weighted by Gasteiger charge is 2.21. The molecule has 0 fully saturated rings. The summed E-state index contributed by atoms with van der Waals surface area (Å²) in [5.41, 5.74) is 3.04. The van der Waals surface area contributed by atoms with Gasteiger partial charge in [0.15, 0.2) is 0 Å². The molecule has 0 nitrogen and oxygen atoms in total. The summed E-state index contributed by atoms with van der Waals surface area (Å²) in [4.78, 5) is 3.11. The molecule has 0 saturated heterocycles. The van der Waals surface area contributed by atoms with Crippen molar-refractivity contribution in [3.8, 4) is 0 Å². The number of fused-ring (bicyclic) bond motifs is 4. The van der Waals surface area contributed by atoms with Gasteiger partial charge in [-0.05, 0) is 130 Å². The Morgan fingerprint density at radius 3 is 1.09 bits per heavy atom. The van der Waals surface area contributed by atoms with E-state index >= 15 is 0 Å². The Bertz CT molecular complexity index is 2030. The number of hydrogen-bond donors (Lipinski definition) is 0. The molecule has 6 aromatic carbocycles. The Morgan fingerprint density at radius 2 is 0.702 bits per heavy atom. The van der Waals surface area contributed by atoms with Gasteiger partial charge in [-0.2, -0.15) is 0 Å². The molecule has 0 spiro atoms. The standard InChI is InChI=1S/C44H38IS2/c1-7-19-37-31(13-1)29-32-14-2-8-20-38(32)41(37)23-11-5-17-35-25-27-43(46-35)45-44-28-26-36(47-44)18-6-12-24-42-39-21-9-3-15-33(39)30-34-16-4-10-22-40(34)42/h1-4,7-10,13-16,19-22,25-30H,5-6,11-12,17-18,23-24H2/q+1. The van der Waals surface area contributed by atoms with Crippen LogP contribution in [-0.2, 0) is 25.7 Å². The van der Waals surface area contributed by atoms with Crippen molar-refractivity contribution in [2.45, 2.75) is 51.4 Å². The van der Waals surface area contributed by atoms with Crippen LogP contribution in [0.5, 0.6) is 0 Å². The zero-order chi connectivity index (χ0) is 31.4. The van der Waals surface area contributed by atoms with Gasteiger partial charge in [-0.25, -0.2) is 0 Å². The van der Waals surface area contributed by atoms with Gasteiger partial charge in [0.25, 0.3) is 0 Å². The van der Waals surface area contributed by atoms with Crippen LogP contribution in [-0.4, -0.2) is 0 Å². The van der Waals surface area contributed by atoms with E-state index in [9.17, 15) is 0 Å². The van der Waals surface area contributed by atoms with Crippen molar-refractivity contribution in [2.24, 2.45) is 0 Å². The van der Waals surface area contributed by atoms with E-state index in [1.54, 1.807) is 15.5 Å². The molecule has 0 bridgehead atoms. The summed E-state index contributed by atoms with van der Waals surface area (Å²) >= 11 is 4.04. The van der Waals surface area contributed by atoms with E-state index in [4.69, 9.17) is 0 Å². The van der Waals surface area contributed by atoms with Crippen LogP contribution in [0.25, 0.3) is 43.1 Å². The van der Waals surface area contributed by atoms with Crippen LogP contribution in [0.3, 0.4) is 0 Å². The molecule has 47 heavy (non-hydrogen) atoms. The molecule has 0 aliphatic carbocycles. The Labute approximate surface area is 296 Å². The van der Waals surface area contributed by atoms with Crippen LogP contribution in [0.4, 0.5) is 0 Å². The van der Waals surface area contributed by atoms with Crippen LogP contribution in [0.1, 0.15) is 46.6 Å². The number of unbranched alkanes of at least 4 members (excludes halogenated alkanes) is 2. The molecule has 0 N–H and O–H groups in total. The van der Waals surface area contributed by atoms with Gasteiger partial charge >= 0.3 is 21.2 Å². The fraction of sp³-hybridized carbons (Fsp3) is 0.182. The van der Waals surface area contributed by atoms with E-state index in [2.05, 4.69) is 156 Å². The average molecular weight is 758 g/mol. The number of aryl methyl sites for hydroxylation is 4. The summed E-state index contributed by atoms with van der Waals surface area (Å²) in [6.45, 7) is 0. The van der Waals surface area contributed by atoms with Gasteiger partial charge < -0.3 is 0 Å². The predicted molar refractivity (Wildman–Crippen MR) is 202 cm³/mol. The molecular weight excluding hydrogens is 720 g/mol. The van der Waals surface area contributed by atoms with Crippen molar-refractivity contribution < 1.29 is 21.2 Å². The highest BCUT2D eigenvalue weighted by atomic mass is 127. The maximum Gasteiger partial charge on any atom is 0.381 e. The van der Waals surface area contributed by atoms with Crippen LogP contribution in [0, 0.1) is 5.77 Å². The first-order valence-electron chi connectivity index (χ1n) is 16.9. The fourth-order valence-electron chi connectivity index (χ4n) is 7.12. The zero-order valence-electron chi connectivity index (χ0n) is 26.6. The van der Waals surface area contributed by atoms with Crippen molar-refractivity contribution in [1.82, 2.24) is 0 Å². The Morgan fingerprint density at radius 1 is 0.362 bits per heavy atom. The van der Waals surface area contributed by atoms with E-state index < -0.39 is 0 Å². The Balaban J connectivity index is 0.836. The van der Waals surface area contributed by atoms with Crippen LogP contribution in [0.2, 0.25) is 0 Å². The van der Waals surface area contributed by atoms with Crippen LogP contribution >= 0.6 is 22.7 Å². The number of rotatable bonds is 12. The summed E-state index contributed by atoms with van der Waals surface area (Å²) in [6.07, 6.45) is 9.61. The molecule has 0 amide bonds. The third kappa shape index (κ3) is 6.90. The molecule has 0 aliphatic rings. The third-order valence-corrected chi connectivity index (χ3v) is 15.4. The second kappa shape index (κ2) is 14.3. The summed E-state index contributed by atoms with van der Waals surface area (Å²) in [6, 6.07) is 49.9. The van der Waals surface area contributed by atoms with E-state index in [0.717, 1.165) is 12.8 Å². The molecular formula is C44H38IS2+. The summed E-state index contributed by atoms with van der Waals surface area (Å²) < 4.78 is 3.21. The molecule has 2 heterocycles. The van der Waals surface area contributed by atoms with Gasteiger partial charge in [0.2, 0.25) is 5.77 Å². The maximum absolute atomic E-state index is 2.42. The Hall–Kier alpha value is -3.51. The van der Waals surface area contributed by atoms with E-state index in [0.29, 0.717) is 0 Å². The van der Waals surface area contributed by atoms with Crippen molar-refractivity contribution >= 4 is 65.8 Å². The maximum atomic E-state index is 2.42. The van der Waals surface area contributed by atoms with Crippen molar-refractivity contribution in [2.75, 3.05) is 0 Å². The highest BCUT2D eigenvalue weighted by Crippen LogP contribution is 2.31. The average Bonchev–Trinajstić information content (AvgIpc) is 3.76. The number of benzene rings is 6. The summed E-state index contributed by atoms with van der Waals surface area (Å²) in [5, 5.41) is 11.1. The lowest BCUT2D eigenvalue weighted by molar-refractivity contribution is -0.585. The first-order valence-corrected chi connectivity index (χ1v) is 20.7. The molecule has 0 unspecified atom stereocenters.